The van der Waals surface area contributed by atoms with E-state index in [9.17, 15) is 0 Å². The zero-order chi connectivity index (χ0) is 16.3. The SMILES string of the molecule is CCC(CC)O[SiH2]CCCN(CC1CCCO1)CC1CCCO1. The van der Waals surface area contributed by atoms with Crippen LogP contribution in [0, 0.1) is 0 Å². The van der Waals surface area contributed by atoms with Crippen molar-refractivity contribution in [1.82, 2.24) is 4.90 Å². The Bertz CT molecular complexity index is 272. The summed E-state index contributed by atoms with van der Waals surface area (Å²) in [5.74, 6) is 0. The molecule has 2 heterocycles. The first-order valence-corrected chi connectivity index (χ1v) is 11.5. The first-order chi connectivity index (χ1) is 11.3. The smallest absolute Gasteiger partial charge is 0.162 e. The molecular formula is C18H37NO3Si. The van der Waals surface area contributed by atoms with Gasteiger partial charge in [0.2, 0.25) is 0 Å². The lowest BCUT2D eigenvalue weighted by Crippen LogP contribution is -2.38. The zero-order valence-corrected chi connectivity index (χ0v) is 16.7. The second kappa shape index (κ2) is 11.6. The zero-order valence-electron chi connectivity index (χ0n) is 15.3. The highest BCUT2D eigenvalue weighted by Crippen LogP contribution is 2.17. The molecule has 136 valence electrons. The molecule has 0 saturated carbocycles. The Kier molecular flexibility index (Phi) is 9.76. The Labute approximate surface area is 145 Å². The monoisotopic (exact) mass is 343 g/mol. The van der Waals surface area contributed by atoms with Gasteiger partial charge in [-0.05, 0) is 57.5 Å². The van der Waals surface area contributed by atoms with Crippen LogP contribution in [0.15, 0.2) is 0 Å². The molecule has 2 aliphatic heterocycles. The fraction of sp³-hybridized carbons (Fsp3) is 1.00. The van der Waals surface area contributed by atoms with Gasteiger partial charge in [0.1, 0.15) is 0 Å². The third kappa shape index (κ3) is 7.65. The van der Waals surface area contributed by atoms with Gasteiger partial charge >= 0.3 is 0 Å². The molecule has 0 aromatic carbocycles. The van der Waals surface area contributed by atoms with Crippen molar-refractivity contribution >= 4 is 9.76 Å². The lowest BCUT2D eigenvalue weighted by molar-refractivity contribution is 0.0376. The molecule has 0 aromatic heterocycles. The predicted molar refractivity (Wildman–Crippen MR) is 97.8 cm³/mol. The van der Waals surface area contributed by atoms with E-state index in [-0.39, 0.29) is 9.76 Å². The summed E-state index contributed by atoms with van der Waals surface area (Å²) in [4.78, 5) is 2.59. The van der Waals surface area contributed by atoms with Crippen LogP contribution in [0.2, 0.25) is 6.04 Å². The van der Waals surface area contributed by atoms with Gasteiger partial charge in [-0.3, -0.25) is 4.90 Å². The molecule has 2 atom stereocenters. The minimum Gasteiger partial charge on any atom is -0.421 e. The maximum atomic E-state index is 6.06. The third-order valence-corrected chi connectivity index (χ3v) is 6.60. The lowest BCUT2D eigenvalue weighted by Gasteiger charge is -2.27. The van der Waals surface area contributed by atoms with Crippen LogP contribution in [0.25, 0.3) is 0 Å². The van der Waals surface area contributed by atoms with Gasteiger partial charge in [-0.15, -0.1) is 0 Å². The van der Waals surface area contributed by atoms with Crippen LogP contribution in [-0.4, -0.2) is 65.8 Å². The summed E-state index contributed by atoms with van der Waals surface area (Å²) in [6, 6.07) is 1.30. The van der Waals surface area contributed by atoms with Crippen LogP contribution in [-0.2, 0) is 13.9 Å². The van der Waals surface area contributed by atoms with Crippen LogP contribution < -0.4 is 0 Å². The van der Waals surface area contributed by atoms with E-state index in [2.05, 4.69) is 18.7 Å². The largest absolute Gasteiger partial charge is 0.421 e. The fourth-order valence-corrected chi connectivity index (χ4v) is 5.02. The van der Waals surface area contributed by atoms with E-state index in [0.717, 1.165) is 39.1 Å². The Hall–Kier alpha value is 0.0569. The minimum atomic E-state index is -0.340. The van der Waals surface area contributed by atoms with E-state index < -0.39 is 0 Å². The molecule has 4 nitrogen and oxygen atoms in total. The summed E-state index contributed by atoms with van der Waals surface area (Å²) in [6.07, 6.45) is 9.93. The molecule has 2 aliphatic rings. The van der Waals surface area contributed by atoms with E-state index in [4.69, 9.17) is 13.9 Å². The van der Waals surface area contributed by atoms with Crippen LogP contribution in [0.4, 0.5) is 0 Å². The maximum absolute atomic E-state index is 6.06. The summed E-state index contributed by atoms with van der Waals surface area (Å²) < 4.78 is 17.7. The van der Waals surface area contributed by atoms with Gasteiger partial charge in [0.15, 0.2) is 9.76 Å². The lowest BCUT2D eigenvalue weighted by atomic mass is 10.2. The first kappa shape index (κ1) is 19.4. The molecule has 0 bridgehead atoms. The van der Waals surface area contributed by atoms with Crippen molar-refractivity contribution in [3.63, 3.8) is 0 Å². The van der Waals surface area contributed by atoms with E-state index in [1.165, 1.54) is 44.7 Å². The van der Waals surface area contributed by atoms with Gasteiger partial charge < -0.3 is 13.9 Å². The molecule has 5 heteroatoms. The predicted octanol–water partition coefficient (Wildman–Crippen LogP) is 2.74. The van der Waals surface area contributed by atoms with E-state index in [1.54, 1.807) is 0 Å². The molecule has 2 saturated heterocycles. The fourth-order valence-electron chi connectivity index (χ4n) is 3.62. The van der Waals surface area contributed by atoms with Crippen molar-refractivity contribution in [2.45, 2.75) is 83.1 Å². The van der Waals surface area contributed by atoms with Crippen LogP contribution in [0.3, 0.4) is 0 Å². The number of nitrogens with zero attached hydrogens (tertiary/aromatic N) is 1. The van der Waals surface area contributed by atoms with E-state index in [0.29, 0.717) is 18.3 Å². The molecule has 2 unspecified atom stereocenters. The van der Waals surface area contributed by atoms with Crippen LogP contribution in [0.1, 0.15) is 58.8 Å². The van der Waals surface area contributed by atoms with Gasteiger partial charge in [-0.1, -0.05) is 13.8 Å². The van der Waals surface area contributed by atoms with Gasteiger partial charge in [0.05, 0.1) is 12.2 Å². The summed E-state index contributed by atoms with van der Waals surface area (Å²) in [5, 5.41) is 0. The Morgan fingerprint density at radius 2 is 1.65 bits per heavy atom. The summed E-state index contributed by atoms with van der Waals surface area (Å²) in [6.45, 7) is 9.73. The molecule has 0 aromatic rings. The number of ether oxygens (including phenoxy) is 2. The molecular weight excluding hydrogens is 306 g/mol. The topological polar surface area (TPSA) is 30.9 Å². The average molecular weight is 344 g/mol. The Balaban J connectivity index is 1.64. The second-order valence-corrected chi connectivity index (χ2v) is 8.49. The molecule has 0 amide bonds. The van der Waals surface area contributed by atoms with Crippen molar-refractivity contribution < 1.29 is 13.9 Å². The standard InChI is InChI=1S/C18H37NO3Si/c1-3-16(4-2)22-23-13-7-10-19(14-17-8-5-11-20-17)15-18-9-6-12-21-18/h16-18H,3-15,23H2,1-2H3. The van der Waals surface area contributed by atoms with E-state index in [1.807, 2.05) is 0 Å². The van der Waals surface area contributed by atoms with Gasteiger partial charge in [0, 0.05) is 32.4 Å². The molecule has 0 spiro atoms. The van der Waals surface area contributed by atoms with Gasteiger partial charge in [-0.2, -0.15) is 0 Å². The molecule has 2 fully saturated rings. The Morgan fingerprint density at radius 1 is 1.04 bits per heavy atom. The maximum Gasteiger partial charge on any atom is 0.162 e. The van der Waals surface area contributed by atoms with Crippen molar-refractivity contribution in [2.75, 3.05) is 32.8 Å². The average Bonchev–Trinajstić information content (AvgIpc) is 3.24. The summed E-state index contributed by atoms with van der Waals surface area (Å²) in [5.41, 5.74) is 0. The first-order valence-electron chi connectivity index (χ1n) is 9.89. The highest BCUT2D eigenvalue weighted by atomic mass is 28.2. The van der Waals surface area contributed by atoms with Crippen LogP contribution in [0.5, 0.6) is 0 Å². The van der Waals surface area contributed by atoms with Crippen molar-refractivity contribution in [3.05, 3.63) is 0 Å². The second-order valence-electron chi connectivity index (χ2n) is 7.05. The number of hydrogen-bond donors (Lipinski definition) is 0. The summed E-state index contributed by atoms with van der Waals surface area (Å²) >= 11 is 0. The number of hydrogen-bond acceptors (Lipinski definition) is 4. The van der Waals surface area contributed by atoms with Gasteiger partial charge in [0.25, 0.3) is 0 Å². The van der Waals surface area contributed by atoms with Gasteiger partial charge in [-0.25, -0.2) is 0 Å². The number of rotatable bonds is 12. The summed E-state index contributed by atoms with van der Waals surface area (Å²) in [7, 11) is -0.340. The minimum absolute atomic E-state index is 0.340. The Morgan fingerprint density at radius 3 is 2.13 bits per heavy atom. The normalized spacial score (nSPS) is 25.6. The van der Waals surface area contributed by atoms with Crippen molar-refractivity contribution in [3.8, 4) is 0 Å². The van der Waals surface area contributed by atoms with Crippen molar-refractivity contribution in [2.24, 2.45) is 0 Å². The van der Waals surface area contributed by atoms with Crippen molar-refractivity contribution in [1.29, 1.82) is 0 Å². The molecule has 0 aliphatic carbocycles. The molecule has 23 heavy (non-hydrogen) atoms. The molecule has 0 radical (unpaired) electrons. The molecule has 0 N–H and O–H groups in total. The van der Waals surface area contributed by atoms with Crippen LogP contribution >= 0.6 is 0 Å². The quantitative estimate of drug-likeness (QED) is 0.403. The highest BCUT2D eigenvalue weighted by Gasteiger charge is 2.23. The highest BCUT2D eigenvalue weighted by molar-refractivity contribution is 6.27. The van der Waals surface area contributed by atoms with E-state index >= 15 is 0 Å². The third-order valence-electron chi connectivity index (χ3n) is 5.10. The molecule has 2 rings (SSSR count).